The normalized spacial score (nSPS) is 22.9. The van der Waals surface area contributed by atoms with Gasteiger partial charge >= 0.3 is 11.9 Å². The van der Waals surface area contributed by atoms with E-state index in [9.17, 15) is 9.59 Å². The highest BCUT2D eigenvalue weighted by atomic mass is 32.1. The molecule has 1 unspecified atom stereocenters. The van der Waals surface area contributed by atoms with E-state index in [1.165, 1.54) is 15.9 Å². The van der Waals surface area contributed by atoms with Crippen molar-refractivity contribution in [1.82, 2.24) is 4.73 Å². The third-order valence-corrected chi connectivity index (χ3v) is 7.52. The predicted molar refractivity (Wildman–Crippen MR) is 130 cm³/mol. The van der Waals surface area contributed by atoms with Crippen molar-refractivity contribution in [2.75, 3.05) is 6.61 Å². The molecule has 174 valence electrons. The van der Waals surface area contributed by atoms with Crippen molar-refractivity contribution in [2.45, 2.75) is 25.2 Å². The van der Waals surface area contributed by atoms with Gasteiger partial charge in [0.05, 0.1) is 6.61 Å². The van der Waals surface area contributed by atoms with Crippen LogP contribution in [0.2, 0.25) is 0 Å². The summed E-state index contributed by atoms with van der Waals surface area (Å²) in [7, 11) is 0. The predicted octanol–water partition coefficient (Wildman–Crippen LogP) is 4.99. The Hall–Kier alpha value is -3.25. The lowest BCUT2D eigenvalue weighted by atomic mass is 9.84. The Morgan fingerprint density at radius 1 is 0.971 bits per heavy atom. The topological polar surface area (TPSA) is 57.5 Å². The zero-order chi connectivity index (χ0) is 23.7. The van der Waals surface area contributed by atoms with E-state index in [0.717, 1.165) is 12.8 Å². The number of hydrogen-bond acceptors (Lipinski definition) is 5. The van der Waals surface area contributed by atoms with Crippen LogP contribution in [0.1, 0.15) is 30.9 Å². The average molecular weight is 474 g/mol. The van der Waals surface area contributed by atoms with Crippen LogP contribution < -0.4 is 4.84 Å². The number of carbonyl (C=O) groups excluding carboxylic acids is 2. The molecule has 1 heterocycles. The molecule has 4 atom stereocenters. The fourth-order valence-electron chi connectivity index (χ4n) is 5.51. The second-order valence-corrected chi connectivity index (χ2v) is 9.50. The Morgan fingerprint density at radius 2 is 1.59 bits per heavy atom. The molecule has 2 fully saturated rings. The van der Waals surface area contributed by atoms with Gasteiger partial charge in [-0.15, -0.1) is 0 Å². The molecule has 2 aliphatic rings. The molecule has 0 spiro atoms. The molecule has 0 radical (unpaired) electrons. The van der Waals surface area contributed by atoms with Gasteiger partial charge in [0, 0.05) is 11.6 Å². The van der Waals surface area contributed by atoms with Crippen molar-refractivity contribution in [3.8, 4) is 0 Å². The molecule has 3 aromatic rings. The van der Waals surface area contributed by atoms with Crippen LogP contribution in [-0.2, 0) is 19.7 Å². The zero-order valence-electron chi connectivity index (χ0n) is 19.0. The van der Waals surface area contributed by atoms with Gasteiger partial charge in [0.25, 0.3) is 0 Å². The third-order valence-electron chi connectivity index (χ3n) is 7.20. The van der Waals surface area contributed by atoms with Gasteiger partial charge in [0.15, 0.2) is 5.92 Å². The van der Waals surface area contributed by atoms with Crippen LogP contribution in [-0.4, -0.2) is 23.3 Å². The minimum atomic E-state index is -0.961. The van der Waals surface area contributed by atoms with Crippen molar-refractivity contribution in [3.63, 3.8) is 0 Å². The van der Waals surface area contributed by atoms with E-state index in [0.29, 0.717) is 10.6 Å². The number of carbonyl (C=O) groups is 2. The Labute approximate surface area is 204 Å². The summed E-state index contributed by atoms with van der Waals surface area (Å²) in [6, 6.07) is 26.2. The molecule has 2 aliphatic carbocycles. The van der Waals surface area contributed by atoms with Crippen LogP contribution in [0, 0.1) is 28.3 Å². The standard InChI is InChI=1S/C28H27NO4S/c1-2-32-26(30)25(27(31)33-29-16-10-9-15-24(29)34)22-17-21(22)23-18-28(23,19-11-5-3-6-12-19)20-13-7-4-8-14-20/h3-16,21-23,25H,2,17-18H2,1H3/t21-,22-,23+,25?/m0/s1. The third kappa shape index (κ3) is 4.07. The first kappa shape index (κ1) is 22.5. The van der Waals surface area contributed by atoms with Gasteiger partial charge in [-0.2, -0.15) is 4.73 Å². The molecule has 1 aromatic heterocycles. The number of rotatable bonds is 8. The van der Waals surface area contributed by atoms with E-state index in [-0.39, 0.29) is 23.9 Å². The first-order valence-corrected chi connectivity index (χ1v) is 12.1. The van der Waals surface area contributed by atoms with Crippen LogP contribution in [0.4, 0.5) is 0 Å². The molecular weight excluding hydrogens is 446 g/mol. The van der Waals surface area contributed by atoms with Crippen LogP contribution in [0.3, 0.4) is 0 Å². The SMILES string of the molecule is CCOC(=O)C(C(=O)On1ccccc1=S)[C@H]1C[C@@H]1[C@H]1CC1(c1ccccc1)c1ccccc1. The lowest BCUT2D eigenvalue weighted by Crippen LogP contribution is -2.36. The van der Waals surface area contributed by atoms with E-state index < -0.39 is 17.9 Å². The highest BCUT2D eigenvalue weighted by Gasteiger charge is 2.67. The first-order chi connectivity index (χ1) is 16.6. The summed E-state index contributed by atoms with van der Waals surface area (Å²) in [6.45, 7) is 1.96. The number of ether oxygens (including phenoxy) is 1. The minimum absolute atomic E-state index is 0.0903. The van der Waals surface area contributed by atoms with Crippen LogP contribution in [0.15, 0.2) is 85.1 Å². The summed E-state index contributed by atoms with van der Waals surface area (Å²) in [4.78, 5) is 31.6. The molecule has 5 nitrogen and oxygen atoms in total. The van der Waals surface area contributed by atoms with Crippen molar-refractivity contribution in [3.05, 3.63) is 101 Å². The molecule has 34 heavy (non-hydrogen) atoms. The number of hydrogen-bond donors (Lipinski definition) is 0. The lowest BCUT2D eigenvalue weighted by molar-refractivity contribution is -0.163. The maximum Gasteiger partial charge on any atom is 0.347 e. The van der Waals surface area contributed by atoms with Crippen molar-refractivity contribution in [2.24, 2.45) is 23.7 Å². The Balaban J connectivity index is 1.40. The molecule has 0 aliphatic heterocycles. The van der Waals surface area contributed by atoms with Crippen LogP contribution in [0.5, 0.6) is 0 Å². The van der Waals surface area contributed by atoms with E-state index in [1.807, 2.05) is 12.1 Å². The van der Waals surface area contributed by atoms with Gasteiger partial charge in [-0.1, -0.05) is 78.9 Å². The van der Waals surface area contributed by atoms with Gasteiger partial charge in [-0.05, 0) is 60.8 Å². The molecule has 0 saturated heterocycles. The quantitative estimate of drug-likeness (QED) is 0.262. The average Bonchev–Trinajstić information content (AvgIpc) is 3.77. The van der Waals surface area contributed by atoms with Crippen LogP contribution in [0.25, 0.3) is 0 Å². The van der Waals surface area contributed by atoms with E-state index in [2.05, 4.69) is 48.5 Å². The number of nitrogens with zero attached hydrogens (tertiary/aromatic N) is 1. The maximum atomic E-state index is 13.2. The monoisotopic (exact) mass is 473 g/mol. The molecule has 0 bridgehead atoms. The number of benzene rings is 2. The lowest BCUT2D eigenvalue weighted by Gasteiger charge is -2.20. The van der Waals surface area contributed by atoms with Crippen LogP contribution >= 0.6 is 12.2 Å². The van der Waals surface area contributed by atoms with Crippen molar-refractivity contribution in [1.29, 1.82) is 0 Å². The van der Waals surface area contributed by atoms with Gasteiger partial charge < -0.3 is 9.57 Å². The zero-order valence-corrected chi connectivity index (χ0v) is 19.8. The highest BCUT2D eigenvalue weighted by molar-refractivity contribution is 7.71. The molecule has 6 heteroatoms. The van der Waals surface area contributed by atoms with Gasteiger partial charge in [-0.3, -0.25) is 4.79 Å². The second-order valence-electron chi connectivity index (χ2n) is 9.08. The Kier molecular flexibility index (Phi) is 6.09. The first-order valence-electron chi connectivity index (χ1n) is 11.7. The molecule has 0 amide bonds. The van der Waals surface area contributed by atoms with E-state index in [4.69, 9.17) is 21.8 Å². The van der Waals surface area contributed by atoms with Gasteiger partial charge in [-0.25, -0.2) is 4.79 Å². The summed E-state index contributed by atoms with van der Waals surface area (Å²) >= 11 is 5.24. The second kappa shape index (κ2) is 9.18. The van der Waals surface area contributed by atoms with Crippen molar-refractivity contribution < 1.29 is 19.2 Å². The number of pyridine rings is 1. The molecule has 2 aromatic carbocycles. The van der Waals surface area contributed by atoms with E-state index >= 15 is 0 Å². The minimum Gasteiger partial charge on any atom is -0.465 e. The van der Waals surface area contributed by atoms with Gasteiger partial charge in [0.1, 0.15) is 4.64 Å². The van der Waals surface area contributed by atoms with Gasteiger partial charge in [0.2, 0.25) is 0 Å². The summed E-state index contributed by atoms with van der Waals surface area (Å²) < 4.78 is 6.88. The fraction of sp³-hybridized carbons (Fsp3) is 0.321. The summed E-state index contributed by atoms with van der Waals surface area (Å²) in [5.74, 6) is -1.61. The summed E-state index contributed by atoms with van der Waals surface area (Å²) in [5, 5.41) is 0. The summed E-state index contributed by atoms with van der Waals surface area (Å²) in [6.07, 6.45) is 3.37. The fourth-order valence-corrected chi connectivity index (χ4v) is 5.68. The molecular formula is C28H27NO4S. The Bertz CT molecular complexity index is 1200. The highest BCUT2D eigenvalue weighted by Crippen LogP contribution is 2.69. The smallest absolute Gasteiger partial charge is 0.347 e. The maximum absolute atomic E-state index is 13.2. The molecule has 2 saturated carbocycles. The summed E-state index contributed by atoms with van der Waals surface area (Å²) in [5.41, 5.74) is 2.47. The number of esters is 1. The molecule has 0 N–H and O–H groups in total. The van der Waals surface area contributed by atoms with E-state index in [1.54, 1.807) is 31.3 Å². The largest absolute Gasteiger partial charge is 0.465 e. The Morgan fingerprint density at radius 3 is 2.18 bits per heavy atom. The number of aromatic nitrogens is 1. The molecule has 5 rings (SSSR count). The van der Waals surface area contributed by atoms with Crippen molar-refractivity contribution >= 4 is 24.2 Å².